The molecule has 1 saturated heterocycles. The number of aryl methyl sites for hydroxylation is 1. The van der Waals surface area contributed by atoms with Crippen LogP contribution in [0.3, 0.4) is 0 Å². The Morgan fingerprint density at radius 1 is 1.15 bits per heavy atom. The lowest BCUT2D eigenvalue weighted by Crippen LogP contribution is -2.39. The molecule has 0 radical (unpaired) electrons. The van der Waals surface area contributed by atoms with Crippen molar-refractivity contribution in [2.24, 2.45) is 0 Å². The van der Waals surface area contributed by atoms with Crippen LogP contribution in [0, 0.1) is 11.3 Å². The molecule has 2 aromatic carbocycles. The summed E-state index contributed by atoms with van der Waals surface area (Å²) in [4.78, 5) is 18.7. The molecule has 1 N–H and O–H groups in total. The Morgan fingerprint density at radius 2 is 1.90 bits per heavy atom. The molecular formula is C31H33N5O3. The molecule has 2 fully saturated rings. The van der Waals surface area contributed by atoms with E-state index in [9.17, 15) is 15.2 Å². The summed E-state index contributed by atoms with van der Waals surface area (Å²) in [7, 11) is 0. The van der Waals surface area contributed by atoms with Crippen LogP contribution in [-0.4, -0.2) is 42.6 Å². The number of nitriles is 1. The number of aromatic nitrogens is 4. The van der Waals surface area contributed by atoms with E-state index >= 15 is 0 Å². The molecule has 39 heavy (non-hydrogen) atoms. The summed E-state index contributed by atoms with van der Waals surface area (Å²) in [6.07, 6.45) is 7.18. The Hall–Kier alpha value is -3.80. The van der Waals surface area contributed by atoms with Crippen molar-refractivity contribution < 1.29 is 9.84 Å². The van der Waals surface area contributed by atoms with Crippen molar-refractivity contribution in [3.63, 3.8) is 0 Å². The first kappa shape index (κ1) is 25.5. The van der Waals surface area contributed by atoms with E-state index in [1.165, 1.54) is 6.33 Å². The third-order valence-electron chi connectivity index (χ3n) is 8.27. The molecule has 1 atom stereocenters. The first-order valence-electron chi connectivity index (χ1n) is 13.9. The van der Waals surface area contributed by atoms with E-state index in [1.54, 1.807) is 0 Å². The maximum absolute atomic E-state index is 14.2. The zero-order valence-corrected chi connectivity index (χ0v) is 22.2. The maximum Gasteiger partial charge on any atom is 0.259 e. The van der Waals surface area contributed by atoms with E-state index in [-0.39, 0.29) is 17.7 Å². The lowest BCUT2D eigenvalue weighted by Gasteiger charge is -2.36. The highest BCUT2D eigenvalue weighted by atomic mass is 16.6. The number of nitrogens with zero attached hydrogens (tertiary/aromatic N) is 5. The van der Waals surface area contributed by atoms with Gasteiger partial charge in [-0.15, -0.1) is 0 Å². The Morgan fingerprint density at radius 3 is 2.59 bits per heavy atom. The van der Waals surface area contributed by atoms with E-state index in [2.05, 4.69) is 23.1 Å². The molecule has 0 spiro atoms. The molecule has 1 aliphatic carbocycles. The molecule has 8 nitrogen and oxygen atoms in total. The molecule has 8 heteroatoms. The van der Waals surface area contributed by atoms with Crippen LogP contribution < -0.4 is 5.56 Å². The SMILES string of the molecule is CCCc1c(Cc2ccc(-c3ccccc3C#N)cc2)c(=O)n([C@H]2CC[C@@](O)(CC3CO3)CC2)c2ncnn12. The number of epoxide rings is 1. The van der Waals surface area contributed by atoms with Gasteiger partial charge in [-0.3, -0.25) is 9.36 Å². The molecule has 2 aromatic heterocycles. The van der Waals surface area contributed by atoms with Crippen molar-refractivity contribution in [3.05, 3.63) is 87.6 Å². The van der Waals surface area contributed by atoms with Crippen LogP contribution in [-0.2, 0) is 17.6 Å². The fourth-order valence-corrected chi connectivity index (χ4v) is 6.13. The first-order chi connectivity index (χ1) is 19.0. The van der Waals surface area contributed by atoms with Crippen molar-refractivity contribution in [1.82, 2.24) is 19.2 Å². The van der Waals surface area contributed by atoms with Gasteiger partial charge in [0.05, 0.1) is 35.6 Å². The average molecular weight is 524 g/mol. The summed E-state index contributed by atoms with van der Waals surface area (Å²) < 4.78 is 9.03. The van der Waals surface area contributed by atoms with Gasteiger partial charge in [-0.2, -0.15) is 15.3 Å². The topological polar surface area (TPSA) is 109 Å². The highest BCUT2D eigenvalue weighted by molar-refractivity contribution is 5.70. The highest BCUT2D eigenvalue weighted by Gasteiger charge is 2.40. The summed E-state index contributed by atoms with van der Waals surface area (Å²) in [5.74, 6) is 0.580. The summed E-state index contributed by atoms with van der Waals surface area (Å²) in [6, 6.07) is 17.9. The smallest absolute Gasteiger partial charge is 0.259 e. The van der Waals surface area contributed by atoms with E-state index < -0.39 is 5.60 Å². The van der Waals surface area contributed by atoms with E-state index in [0.717, 1.165) is 47.4 Å². The van der Waals surface area contributed by atoms with Gasteiger partial charge >= 0.3 is 0 Å². The second-order valence-electron chi connectivity index (χ2n) is 11.0. The summed E-state index contributed by atoms with van der Waals surface area (Å²) in [5.41, 5.74) is 4.45. The lowest BCUT2D eigenvalue weighted by atomic mass is 9.79. The second-order valence-corrected chi connectivity index (χ2v) is 11.0. The summed E-state index contributed by atoms with van der Waals surface area (Å²) in [5, 5.41) is 25.1. The molecule has 200 valence electrons. The van der Waals surface area contributed by atoms with Crippen LogP contribution in [0.25, 0.3) is 16.9 Å². The summed E-state index contributed by atoms with van der Waals surface area (Å²) >= 11 is 0. The highest BCUT2D eigenvalue weighted by Crippen LogP contribution is 2.39. The van der Waals surface area contributed by atoms with Crippen LogP contribution in [0.1, 0.15) is 73.9 Å². The third kappa shape index (κ3) is 5.00. The second kappa shape index (κ2) is 10.4. The Balaban J connectivity index is 1.34. The van der Waals surface area contributed by atoms with Crippen LogP contribution in [0.2, 0.25) is 0 Å². The van der Waals surface area contributed by atoms with Gasteiger partial charge in [-0.1, -0.05) is 55.8 Å². The van der Waals surface area contributed by atoms with Gasteiger partial charge in [0.1, 0.15) is 6.33 Å². The number of fused-ring (bicyclic) bond motifs is 1. The van der Waals surface area contributed by atoms with Crippen LogP contribution in [0.15, 0.2) is 59.7 Å². The molecule has 1 unspecified atom stereocenters. The van der Waals surface area contributed by atoms with E-state index in [4.69, 9.17) is 4.74 Å². The number of hydrogen-bond acceptors (Lipinski definition) is 6. The van der Waals surface area contributed by atoms with Crippen molar-refractivity contribution in [1.29, 1.82) is 5.26 Å². The Kier molecular flexibility index (Phi) is 6.79. The number of aliphatic hydroxyl groups is 1. The van der Waals surface area contributed by atoms with Crippen LogP contribution >= 0.6 is 0 Å². The van der Waals surface area contributed by atoms with E-state index in [0.29, 0.717) is 49.9 Å². The third-order valence-corrected chi connectivity index (χ3v) is 8.27. The number of rotatable bonds is 8. The molecule has 0 bridgehead atoms. The first-order valence-corrected chi connectivity index (χ1v) is 13.9. The van der Waals surface area contributed by atoms with Crippen LogP contribution in [0.5, 0.6) is 0 Å². The minimum absolute atomic E-state index is 0.0150. The quantitative estimate of drug-likeness (QED) is 0.338. The zero-order valence-electron chi connectivity index (χ0n) is 22.2. The van der Waals surface area contributed by atoms with Gasteiger partial charge in [0.2, 0.25) is 5.78 Å². The molecule has 4 aromatic rings. The van der Waals surface area contributed by atoms with Crippen molar-refractivity contribution in [3.8, 4) is 17.2 Å². The molecule has 6 rings (SSSR count). The normalized spacial score (nSPS) is 22.6. The minimum atomic E-state index is -0.720. The van der Waals surface area contributed by atoms with Crippen molar-refractivity contribution in [2.75, 3.05) is 6.61 Å². The minimum Gasteiger partial charge on any atom is -0.390 e. The van der Waals surface area contributed by atoms with Crippen molar-refractivity contribution >= 4 is 5.78 Å². The molecule has 3 heterocycles. The van der Waals surface area contributed by atoms with Crippen molar-refractivity contribution in [2.45, 2.75) is 76.0 Å². The largest absolute Gasteiger partial charge is 0.390 e. The summed E-state index contributed by atoms with van der Waals surface area (Å²) in [6.45, 7) is 2.84. The fraction of sp³-hybridized carbons (Fsp3) is 0.419. The molecule has 1 aliphatic heterocycles. The fourth-order valence-electron chi connectivity index (χ4n) is 6.13. The zero-order chi connectivity index (χ0) is 27.0. The van der Waals surface area contributed by atoms with Crippen LogP contribution in [0.4, 0.5) is 0 Å². The number of benzene rings is 2. The molecule has 1 saturated carbocycles. The molecule has 0 amide bonds. The number of hydrogen-bond donors (Lipinski definition) is 1. The van der Waals surface area contributed by atoms with Gasteiger partial charge in [-0.05, 0) is 54.9 Å². The number of ether oxygens (including phenoxy) is 1. The van der Waals surface area contributed by atoms with Gasteiger partial charge in [0.15, 0.2) is 0 Å². The predicted octanol–water partition coefficient (Wildman–Crippen LogP) is 4.61. The lowest BCUT2D eigenvalue weighted by molar-refractivity contribution is -0.0201. The standard InChI is InChI=1S/C31H33N5O3/c1-2-5-28-27(16-21-8-10-22(11-9-21)26-7-4-3-6-23(26)18-32)29(37)35(30-33-20-34-36(28)30)24-12-14-31(38,15-13-24)17-25-19-39-25/h3-4,6-11,20,24-25,38H,2,5,12-17,19H2,1H3/t24-,25?,31-. The molecular weight excluding hydrogens is 490 g/mol. The van der Waals surface area contributed by atoms with Gasteiger partial charge in [0.25, 0.3) is 5.56 Å². The maximum atomic E-state index is 14.2. The predicted molar refractivity (Wildman–Crippen MR) is 147 cm³/mol. The Bertz CT molecular complexity index is 1590. The van der Waals surface area contributed by atoms with Gasteiger partial charge in [0, 0.05) is 24.4 Å². The van der Waals surface area contributed by atoms with E-state index in [1.807, 2.05) is 57.6 Å². The average Bonchev–Trinajstić information content (AvgIpc) is 3.63. The molecule has 2 aliphatic rings. The van der Waals surface area contributed by atoms with Gasteiger partial charge in [-0.25, -0.2) is 4.52 Å². The van der Waals surface area contributed by atoms with Gasteiger partial charge < -0.3 is 9.84 Å². The monoisotopic (exact) mass is 523 g/mol. The Labute approximate surface area is 227 Å².